The van der Waals surface area contributed by atoms with Crippen molar-refractivity contribution in [3.8, 4) is 0 Å². The first-order chi connectivity index (χ1) is 11.7. The van der Waals surface area contributed by atoms with Gasteiger partial charge in [-0.15, -0.1) is 0 Å². The molecular weight excluding hydrogens is 300 g/mol. The van der Waals surface area contributed by atoms with E-state index in [1.807, 2.05) is 7.05 Å². The van der Waals surface area contributed by atoms with Crippen LogP contribution in [0.25, 0.3) is 0 Å². The van der Waals surface area contributed by atoms with Gasteiger partial charge in [0.1, 0.15) is 5.82 Å². The lowest BCUT2D eigenvalue weighted by atomic mass is 10.1. The summed E-state index contributed by atoms with van der Waals surface area (Å²) in [5.74, 6) is 2.06. The van der Waals surface area contributed by atoms with E-state index in [0.29, 0.717) is 6.54 Å². The van der Waals surface area contributed by atoms with Gasteiger partial charge in [-0.1, -0.05) is 52.4 Å². The number of guanidine groups is 1. The summed E-state index contributed by atoms with van der Waals surface area (Å²) in [6, 6.07) is 0. The summed E-state index contributed by atoms with van der Waals surface area (Å²) in [7, 11) is 2.03. The minimum Gasteiger partial charge on any atom is -0.394 e. The van der Waals surface area contributed by atoms with Crippen LogP contribution in [0.2, 0.25) is 0 Å². The largest absolute Gasteiger partial charge is 0.394 e. The van der Waals surface area contributed by atoms with Crippen molar-refractivity contribution in [3.63, 3.8) is 0 Å². The fourth-order valence-electron chi connectivity index (χ4n) is 2.91. The van der Waals surface area contributed by atoms with Crippen molar-refractivity contribution in [1.82, 2.24) is 15.1 Å². The lowest BCUT2D eigenvalue weighted by Crippen LogP contribution is -2.47. The summed E-state index contributed by atoms with van der Waals surface area (Å²) in [5, 5.41) is 12.5. The van der Waals surface area contributed by atoms with Gasteiger partial charge >= 0.3 is 0 Å². The number of hydrogen-bond donors (Lipinski definition) is 2. The highest BCUT2D eigenvalue weighted by molar-refractivity contribution is 5.82. The molecule has 1 aliphatic rings. The number of nitrogens with one attached hydrogen (secondary N) is 1. The zero-order valence-electron chi connectivity index (χ0n) is 16.1. The minimum atomic E-state index is 0.0931. The maximum Gasteiger partial charge on any atom is 0.199 e. The average Bonchev–Trinajstić information content (AvgIpc) is 2.60. The normalized spacial score (nSPS) is 16.2. The van der Waals surface area contributed by atoms with Gasteiger partial charge in [-0.05, 0) is 18.9 Å². The molecule has 2 N–H and O–H groups in total. The molecule has 24 heavy (non-hydrogen) atoms. The standard InChI is InChI=1S/C19H38N4O/c1-4-6-8-10-14-23(15-11-9-7-5-2)18-12-16-22(3)19(21-18)20-13-17-24/h12,24H,4-11,13-17H2,1-3H3,(H,20,21). The van der Waals surface area contributed by atoms with Crippen LogP contribution in [0.5, 0.6) is 0 Å². The lowest BCUT2D eigenvalue weighted by Gasteiger charge is -2.34. The molecule has 0 saturated carbocycles. The number of aliphatic hydroxyl groups is 1. The monoisotopic (exact) mass is 338 g/mol. The van der Waals surface area contributed by atoms with Gasteiger partial charge in [-0.2, -0.15) is 0 Å². The summed E-state index contributed by atoms with van der Waals surface area (Å²) in [6.45, 7) is 8.15. The third kappa shape index (κ3) is 8.04. The molecule has 1 aliphatic heterocycles. The van der Waals surface area contributed by atoms with Crippen molar-refractivity contribution in [2.75, 3.05) is 39.8 Å². The molecule has 0 aromatic rings. The van der Waals surface area contributed by atoms with Crippen molar-refractivity contribution < 1.29 is 5.11 Å². The van der Waals surface area contributed by atoms with Crippen LogP contribution in [0.15, 0.2) is 16.9 Å². The molecule has 0 amide bonds. The van der Waals surface area contributed by atoms with Crippen LogP contribution in [-0.4, -0.2) is 60.7 Å². The maximum absolute atomic E-state index is 9.01. The number of hydrogen-bond acceptors (Lipinski definition) is 3. The van der Waals surface area contributed by atoms with Crippen molar-refractivity contribution in [2.24, 2.45) is 4.99 Å². The van der Waals surface area contributed by atoms with Gasteiger partial charge in [-0.25, -0.2) is 0 Å². The van der Waals surface area contributed by atoms with Crippen LogP contribution >= 0.6 is 0 Å². The SMILES string of the molecule is CCCCCCN(CCCCCC)C1=CCN(C)C(=NCCO)N1. The van der Waals surface area contributed by atoms with E-state index in [1.54, 1.807) is 0 Å². The topological polar surface area (TPSA) is 51.1 Å². The first-order valence-electron chi connectivity index (χ1n) is 9.81. The number of nitrogens with zero attached hydrogens (tertiary/aromatic N) is 3. The van der Waals surface area contributed by atoms with Gasteiger partial charge < -0.3 is 20.2 Å². The fourth-order valence-corrected chi connectivity index (χ4v) is 2.91. The Bertz CT molecular complexity index is 370. The van der Waals surface area contributed by atoms with E-state index in [-0.39, 0.29) is 6.61 Å². The smallest absolute Gasteiger partial charge is 0.199 e. The fraction of sp³-hybridized carbons (Fsp3) is 0.842. The molecule has 0 radical (unpaired) electrons. The molecule has 0 spiro atoms. The summed E-state index contributed by atoms with van der Waals surface area (Å²) < 4.78 is 0. The molecule has 5 nitrogen and oxygen atoms in total. The second-order valence-corrected chi connectivity index (χ2v) is 6.63. The maximum atomic E-state index is 9.01. The Labute approximate surface area is 148 Å². The molecular formula is C19H38N4O. The third-order valence-corrected chi connectivity index (χ3v) is 4.43. The van der Waals surface area contributed by atoms with Crippen LogP contribution in [0.1, 0.15) is 65.2 Å². The van der Waals surface area contributed by atoms with Crippen LogP contribution in [0.3, 0.4) is 0 Å². The van der Waals surface area contributed by atoms with Crippen LogP contribution < -0.4 is 5.32 Å². The van der Waals surface area contributed by atoms with Crippen molar-refractivity contribution >= 4 is 5.96 Å². The Kier molecular flexibility index (Phi) is 11.4. The number of aliphatic imine (C=N–C) groups is 1. The highest BCUT2D eigenvalue weighted by atomic mass is 16.3. The summed E-state index contributed by atoms with van der Waals surface area (Å²) in [6.07, 6.45) is 12.6. The van der Waals surface area contributed by atoms with E-state index in [2.05, 4.69) is 40.0 Å². The second kappa shape index (κ2) is 13.1. The quantitative estimate of drug-likeness (QED) is 0.507. The van der Waals surface area contributed by atoms with E-state index in [1.165, 1.54) is 57.2 Å². The molecule has 0 bridgehead atoms. The van der Waals surface area contributed by atoms with E-state index in [4.69, 9.17) is 5.11 Å². The number of rotatable bonds is 13. The van der Waals surface area contributed by atoms with Gasteiger partial charge in [0.05, 0.1) is 13.2 Å². The molecule has 140 valence electrons. The second-order valence-electron chi connectivity index (χ2n) is 6.63. The third-order valence-electron chi connectivity index (χ3n) is 4.43. The predicted molar refractivity (Wildman–Crippen MR) is 103 cm³/mol. The first-order valence-corrected chi connectivity index (χ1v) is 9.81. The van der Waals surface area contributed by atoms with Crippen LogP contribution in [0.4, 0.5) is 0 Å². The van der Waals surface area contributed by atoms with E-state index in [9.17, 15) is 0 Å². The summed E-state index contributed by atoms with van der Waals surface area (Å²) in [4.78, 5) is 9.03. The average molecular weight is 339 g/mol. The van der Waals surface area contributed by atoms with Crippen molar-refractivity contribution in [2.45, 2.75) is 65.2 Å². The zero-order valence-corrected chi connectivity index (χ0v) is 16.1. The molecule has 5 heteroatoms. The molecule has 0 aromatic heterocycles. The van der Waals surface area contributed by atoms with Crippen LogP contribution in [-0.2, 0) is 0 Å². The molecule has 0 fully saturated rings. The first kappa shape index (κ1) is 20.8. The highest BCUT2D eigenvalue weighted by Gasteiger charge is 2.18. The van der Waals surface area contributed by atoms with Gasteiger partial charge in [0.15, 0.2) is 5.96 Å². The molecule has 0 saturated heterocycles. The van der Waals surface area contributed by atoms with Crippen molar-refractivity contribution in [1.29, 1.82) is 0 Å². The number of likely N-dealkylation sites (N-methyl/N-ethyl adjacent to an activating group) is 1. The Hall–Kier alpha value is -1.23. The zero-order chi connectivity index (χ0) is 17.6. The van der Waals surface area contributed by atoms with Gasteiger partial charge in [0.25, 0.3) is 0 Å². The molecule has 0 unspecified atom stereocenters. The van der Waals surface area contributed by atoms with Crippen molar-refractivity contribution in [3.05, 3.63) is 11.9 Å². The predicted octanol–water partition coefficient (Wildman–Crippen LogP) is 3.17. The Morgan fingerprint density at radius 2 is 1.71 bits per heavy atom. The molecule has 0 aromatic carbocycles. The Balaban J connectivity index is 2.61. The van der Waals surface area contributed by atoms with Gasteiger partial charge in [0.2, 0.25) is 0 Å². The van der Waals surface area contributed by atoms with Crippen LogP contribution in [0, 0.1) is 0 Å². The minimum absolute atomic E-state index is 0.0931. The van der Waals surface area contributed by atoms with E-state index in [0.717, 1.165) is 25.6 Å². The highest BCUT2D eigenvalue weighted by Crippen LogP contribution is 2.12. The molecule has 1 heterocycles. The summed E-state index contributed by atoms with van der Waals surface area (Å²) >= 11 is 0. The van der Waals surface area contributed by atoms with Gasteiger partial charge in [-0.3, -0.25) is 4.99 Å². The number of aliphatic hydroxyl groups excluding tert-OH is 1. The Morgan fingerprint density at radius 3 is 2.25 bits per heavy atom. The lowest BCUT2D eigenvalue weighted by molar-refractivity contribution is 0.297. The van der Waals surface area contributed by atoms with E-state index < -0.39 is 0 Å². The van der Waals surface area contributed by atoms with E-state index >= 15 is 0 Å². The molecule has 0 aliphatic carbocycles. The van der Waals surface area contributed by atoms with Gasteiger partial charge in [0, 0.05) is 26.7 Å². The molecule has 0 atom stereocenters. The summed E-state index contributed by atoms with van der Waals surface area (Å²) in [5.41, 5.74) is 0. The Morgan fingerprint density at radius 1 is 1.08 bits per heavy atom. The molecule has 1 rings (SSSR count). The number of unbranched alkanes of at least 4 members (excludes halogenated alkanes) is 6.